The van der Waals surface area contributed by atoms with Crippen molar-refractivity contribution in [2.45, 2.75) is 0 Å². The first-order chi connectivity index (χ1) is 6.02. The number of halogens is 3. The van der Waals surface area contributed by atoms with Crippen LogP contribution in [-0.2, 0) is 0 Å². The Hall–Kier alpha value is -0.610. The minimum absolute atomic E-state index is 0.00176. The molecule has 0 N–H and O–H groups in total. The van der Waals surface area contributed by atoms with Crippen molar-refractivity contribution in [1.82, 2.24) is 0 Å². The summed E-state index contributed by atoms with van der Waals surface area (Å²) in [5, 5.41) is -0.00176. The fraction of sp³-hybridized carbons (Fsp3) is 0.125. The van der Waals surface area contributed by atoms with E-state index in [1.165, 1.54) is 23.1 Å². The quantitative estimate of drug-likeness (QED) is 0.563. The molecule has 0 aromatic heterocycles. The molecule has 0 bridgehead atoms. The van der Waals surface area contributed by atoms with Gasteiger partial charge in [-0.15, -0.1) is 0 Å². The van der Waals surface area contributed by atoms with E-state index in [1.807, 2.05) is 0 Å². The van der Waals surface area contributed by atoms with Gasteiger partial charge in [-0.25, -0.2) is 4.39 Å². The van der Waals surface area contributed by atoms with Gasteiger partial charge in [0.15, 0.2) is 0 Å². The third-order valence-corrected chi connectivity index (χ3v) is 2.38. The molecule has 0 radical (unpaired) electrons. The highest BCUT2D eigenvalue weighted by atomic mass is 79.9. The predicted octanol–water partition coefficient (Wildman–Crippen LogP) is 3.43. The largest absolute Gasteiger partial charge is 0.306 e. The lowest BCUT2D eigenvalue weighted by Crippen LogP contribution is -2.18. The van der Waals surface area contributed by atoms with Crippen molar-refractivity contribution in [2.24, 2.45) is 0 Å². The molecule has 0 saturated carbocycles. The summed E-state index contributed by atoms with van der Waals surface area (Å²) in [5.74, 6) is -0.499. The van der Waals surface area contributed by atoms with Gasteiger partial charge in [-0.05, 0) is 18.2 Å². The zero-order valence-electron chi connectivity index (χ0n) is 6.72. The van der Waals surface area contributed by atoms with Gasteiger partial charge < -0.3 is 4.90 Å². The molecule has 0 aliphatic heterocycles. The summed E-state index contributed by atoms with van der Waals surface area (Å²) < 4.78 is 12.7. The van der Waals surface area contributed by atoms with E-state index in [0.717, 1.165) is 0 Å². The average Bonchev–Trinajstić information content (AvgIpc) is 2.08. The Morgan fingerprint density at radius 1 is 1.62 bits per heavy atom. The molecule has 0 aliphatic rings. The van der Waals surface area contributed by atoms with Gasteiger partial charge in [0.2, 0.25) is 0 Å². The molecule has 0 saturated heterocycles. The molecule has 0 spiro atoms. The van der Waals surface area contributed by atoms with Crippen LogP contribution in [0, 0.1) is 5.82 Å². The van der Waals surface area contributed by atoms with Crippen molar-refractivity contribution in [2.75, 3.05) is 11.9 Å². The normalized spacial score (nSPS) is 9.85. The van der Waals surface area contributed by atoms with Crippen molar-refractivity contribution in [1.29, 1.82) is 0 Å². The first-order valence-electron chi connectivity index (χ1n) is 3.40. The highest BCUT2D eigenvalue weighted by Gasteiger charge is 2.08. The number of hydrogen-bond acceptors (Lipinski definition) is 1. The molecule has 13 heavy (non-hydrogen) atoms. The molecular formula is C8H6BrClFNO. The number of rotatable bonds is 1. The first-order valence-corrected chi connectivity index (χ1v) is 4.57. The van der Waals surface area contributed by atoms with E-state index in [2.05, 4.69) is 15.9 Å². The highest BCUT2D eigenvalue weighted by Crippen LogP contribution is 2.22. The van der Waals surface area contributed by atoms with Crippen LogP contribution < -0.4 is 4.90 Å². The van der Waals surface area contributed by atoms with Crippen molar-refractivity contribution in [3.63, 3.8) is 0 Å². The zero-order valence-corrected chi connectivity index (χ0v) is 9.06. The maximum Gasteiger partial charge on any atom is 0.293 e. The Kier molecular flexibility index (Phi) is 3.27. The van der Waals surface area contributed by atoms with Gasteiger partial charge in [0.25, 0.3) is 4.82 Å². The maximum atomic E-state index is 12.7. The van der Waals surface area contributed by atoms with Crippen molar-refractivity contribution in [3.8, 4) is 0 Å². The molecule has 1 aromatic carbocycles. The number of carbonyl (C=O) groups is 1. The molecule has 1 rings (SSSR count). The van der Waals surface area contributed by atoms with Crippen LogP contribution in [0.4, 0.5) is 14.9 Å². The molecule has 1 aromatic rings. The molecule has 0 fully saturated rings. The van der Waals surface area contributed by atoms with E-state index in [1.54, 1.807) is 7.05 Å². The lowest BCUT2D eigenvalue weighted by molar-refractivity contribution is 0.267. The monoisotopic (exact) mass is 265 g/mol. The maximum absolute atomic E-state index is 12.7. The summed E-state index contributed by atoms with van der Waals surface area (Å²) in [7, 11) is 1.56. The van der Waals surface area contributed by atoms with E-state index < -0.39 is 5.82 Å². The van der Waals surface area contributed by atoms with E-state index >= 15 is 0 Å². The summed E-state index contributed by atoms with van der Waals surface area (Å²) in [4.78, 5) is 11.8. The Morgan fingerprint density at radius 3 is 2.69 bits per heavy atom. The van der Waals surface area contributed by atoms with Gasteiger partial charge in [0, 0.05) is 28.7 Å². The lowest BCUT2D eigenvalue weighted by Gasteiger charge is -2.13. The summed E-state index contributed by atoms with van der Waals surface area (Å²) in [6.07, 6.45) is 0. The molecule has 2 nitrogen and oxygen atoms in total. The Morgan fingerprint density at radius 2 is 2.23 bits per heavy atom. The minimum Gasteiger partial charge on any atom is -0.306 e. The van der Waals surface area contributed by atoms with Crippen LogP contribution in [0.15, 0.2) is 18.2 Å². The number of amides is 1. The van der Waals surface area contributed by atoms with E-state index in [9.17, 15) is 9.18 Å². The van der Waals surface area contributed by atoms with Crippen LogP contribution in [0.3, 0.4) is 0 Å². The highest BCUT2D eigenvalue weighted by molar-refractivity contribution is 9.18. The molecule has 5 heteroatoms. The van der Waals surface area contributed by atoms with Crippen molar-refractivity contribution in [3.05, 3.63) is 29.0 Å². The molecule has 0 atom stereocenters. The van der Waals surface area contributed by atoms with E-state index in [4.69, 9.17) is 11.6 Å². The topological polar surface area (TPSA) is 20.3 Å². The third-order valence-electron chi connectivity index (χ3n) is 1.55. The van der Waals surface area contributed by atoms with Crippen molar-refractivity contribution < 1.29 is 9.18 Å². The standard InChI is InChI=1S/C8H6BrClFNO/c1-12(8(9)13)5-2-3-7(11)6(10)4-5/h2-4H,1H3. The summed E-state index contributed by atoms with van der Waals surface area (Å²) in [5.41, 5.74) is 0.535. The van der Waals surface area contributed by atoms with Gasteiger partial charge in [-0.2, -0.15) is 0 Å². The number of benzene rings is 1. The molecule has 0 unspecified atom stereocenters. The smallest absolute Gasteiger partial charge is 0.293 e. The van der Waals surface area contributed by atoms with Gasteiger partial charge in [0.05, 0.1) is 5.02 Å². The molecule has 0 heterocycles. The average molecular weight is 266 g/mol. The van der Waals surface area contributed by atoms with Crippen LogP contribution in [-0.4, -0.2) is 11.9 Å². The van der Waals surface area contributed by atoms with Gasteiger partial charge in [-0.1, -0.05) is 11.6 Å². The van der Waals surface area contributed by atoms with Crippen LogP contribution in [0.5, 0.6) is 0 Å². The predicted molar refractivity (Wildman–Crippen MR) is 54.1 cm³/mol. The summed E-state index contributed by atoms with van der Waals surface area (Å²) in [6, 6.07) is 4.07. The summed E-state index contributed by atoms with van der Waals surface area (Å²) >= 11 is 8.30. The zero-order chi connectivity index (χ0) is 10.0. The molecule has 70 valence electrons. The summed E-state index contributed by atoms with van der Waals surface area (Å²) in [6.45, 7) is 0. The molecular weight excluding hydrogens is 260 g/mol. The number of hydrogen-bond donors (Lipinski definition) is 0. The number of carbonyl (C=O) groups excluding carboxylic acids is 1. The Labute approximate surface area is 88.4 Å². The van der Waals surface area contributed by atoms with Gasteiger partial charge in [-0.3, -0.25) is 4.79 Å². The SMILES string of the molecule is CN(C(=O)Br)c1ccc(F)c(Cl)c1. The molecule has 1 amide bonds. The minimum atomic E-state index is -0.499. The Bertz CT molecular complexity index is 345. The lowest BCUT2D eigenvalue weighted by atomic mass is 10.3. The second-order valence-electron chi connectivity index (χ2n) is 2.41. The second kappa shape index (κ2) is 4.07. The van der Waals surface area contributed by atoms with E-state index in [-0.39, 0.29) is 9.84 Å². The van der Waals surface area contributed by atoms with Crippen LogP contribution in [0.2, 0.25) is 5.02 Å². The van der Waals surface area contributed by atoms with Gasteiger partial charge >= 0.3 is 0 Å². The number of anilines is 1. The molecule has 0 aliphatic carbocycles. The van der Waals surface area contributed by atoms with Crippen LogP contribution >= 0.6 is 27.5 Å². The van der Waals surface area contributed by atoms with E-state index in [0.29, 0.717) is 5.69 Å². The fourth-order valence-corrected chi connectivity index (χ4v) is 1.17. The van der Waals surface area contributed by atoms with Gasteiger partial charge in [0.1, 0.15) is 5.82 Å². The Balaban J connectivity index is 3.03. The van der Waals surface area contributed by atoms with Crippen molar-refractivity contribution >= 4 is 38.0 Å². The van der Waals surface area contributed by atoms with Crippen LogP contribution in [0.1, 0.15) is 0 Å². The fourth-order valence-electron chi connectivity index (χ4n) is 0.795. The first kappa shape index (κ1) is 10.5. The number of nitrogens with zero attached hydrogens (tertiary/aromatic N) is 1. The third kappa shape index (κ3) is 2.42. The van der Waals surface area contributed by atoms with Crippen LogP contribution in [0.25, 0.3) is 0 Å². The second-order valence-corrected chi connectivity index (χ2v) is 3.50.